The van der Waals surface area contributed by atoms with E-state index in [4.69, 9.17) is 4.74 Å². The molecular formula is C22H20FN5O3. The van der Waals surface area contributed by atoms with Gasteiger partial charge in [0.2, 0.25) is 5.78 Å². The second-order valence-electron chi connectivity index (χ2n) is 7.29. The van der Waals surface area contributed by atoms with Gasteiger partial charge in [0.1, 0.15) is 5.82 Å². The Labute approximate surface area is 177 Å². The fraction of sp³-hybridized carbons (Fsp3) is 0.227. The van der Waals surface area contributed by atoms with Crippen molar-refractivity contribution in [3.63, 3.8) is 0 Å². The Hall–Kier alpha value is -3.88. The number of nitrogens with zero attached hydrogens (tertiary/aromatic N) is 5. The summed E-state index contributed by atoms with van der Waals surface area (Å²) in [4.78, 5) is 33.4. The molecule has 0 aliphatic carbocycles. The molecule has 0 N–H and O–H groups in total. The molecular weight excluding hydrogens is 401 g/mol. The monoisotopic (exact) mass is 421 g/mol. The Morgan fingerprint density at radius 2 is 1.81 bits per heavy atom. The van der Waals surface area contributed by atoms with Gasteiger partial charge in [0, 0.05) is 34.0 Å². The van der Waals surface area contributed by atoms with Crippen molar-refractivity contribution in [1.29, 1.82) is 0 Å². The Morgan fingerprint density at radius 3 is 2.55 bits per heavy atom. The summed E-state index contributed by atoms with van der Waals surface area (Å²) in [6.07, 6.45) is 0. The fourth-order valence-corrected chi connectivity index (χ4v) is 3.58. The molecule has 0 aliphatic rings. The molecule has 0 fully saturated rings. The van der Waals surface area contributed by atoms with Crippen LogP contribution in [0.1, 0.15) is 43.8 Å². The summed E-state index contributed by atoms with van der Waals surface area (Å²) in [5.74, 6) is -1.44. The van der Waals surface area contributed by atoms with Crippen molar-refractivity contribution in [3.8, 4) is 5.69 Å². The lowest BCUT2D eigenvalue weighted by Crippen LogP contribution is -2.16. The predicted molar refractivity (Wildman–Crippen MR) is 110 cm³/mol. The summed E-state index contributed by atoms with van der Waals surface area (Å²) >= 11 is 0. The number of Topliss-reactive ketones (excluding diaryl/α,β-unsaturated/α-hetero) is 1. The van der Waals surface area contributed by atoms with Crippen molar-refractivity contribution in [2.24, 2.45) is 0 Å². The molecule has 9 heteroatoms. The molecule has 8 nitrogen and oxygen atoms in total. The normalized spacial score (nSPS) is 11.1. The molecule has 31 heavy (non-hydrogen) atoms. The zero-order valence-corrected chi connectivity index (χ0v) is 17.5. The highest BCUT2D eigenvalue weighted by Gasteiger charge is 2.21. The number of ether oxygens (including phenoxy) is 1. The van der Waals surface area contributed by atoms with Crippen LogP contribution < -0.4 is 0 Å². The molecule has 0 amide bonds. The highest BCUT2D eigenvalue weighted by molar-refractivity contribution is 6.00. The molecule has 0 unspecified atom stereocenters. The van der Waals surface area contributed by atoms with Gasteiger partial charge in [-0.1, -0.05) is 6.07 Å². The predicted octanol–water partition coefficient (Wildman–Crippen LogP) is 3.33. The van der Waals surface area contributed by atoms with Crippen LogP contribution in [-0.2, 0) is 4.74 Å². The number of ketones is 1. The van der Waals surface area contributed by atoms with Gasteiger partial charge in [-0.2, -0.15) is 4.98 Å². The molecule has 0 radical (unpaired) electrons. The maximum Gasteiger partial charge on any atom is 0.378 e. The lowest BCUT2D eigenvalue weighted by Gasteiger charge is -2.10. The van der Waals surface area contributed by atoms with E-state index in [0.717, 1.165) is 17.1 Å². The average Bonchev–Trinajstić information content (AvgIpc) is 3.27. The molecule has 0 bridgehead atoms. The van der Waals surface area contributed by atoms with Crippen LogP contribution in [0.25, 0.3) is 11.5 Å². The first-order valence-corrected chi connectivity index (χ1v) is 9.61. The first kappa shape index (κ1) is 20.4. The Kier molecular flexibility index (Phi) is 5.10. The number of aryl methyl sites for hydroxylation is 3. The Bertz CT molecular complexity index is 1340. The van der Waals surface area contributed by atoms with Gasteiger partial charge in [0.15, 0.2) is 6.61 Å². The number of fused-ring (bicyclic) bond motifs is 1. The SMILES string of the molecule is Cc1cc(C)n2nc(C(=O)OCC(=O)c3cc(C)n(-c4cccc(F)c4)c3C)nc2n1. The van der Waals surface area contributed by atoms with Gasteiger partial charge < -0.3 is 9.30 Å². The van der Waals surface area contributed by atoms with Crippen LogP contribution in [0.2, 0.25) is 0 Å². The van der Waals surface area contributed by atoms with Crippen molar-refractivity contribution < 1.29 is 18.7 Å². The Morgan fingerprint density at radius 1 is 1.03 bits per heavy atom. The van der Waals surface area contributed by atoms with Crippen molar-refractivity contribution in [1.82, 2.24) is 24.1 Å². The first-order chi connectivity index (χ1) is 14.7. The van der Waals surface area contributed by atoms with Crippen molar-refractivity contribution in [2.45, 2.75) is 27.7 Å². The number of rotatable bonds is 5. The lowest BCUT2D eigenvalue weighted by atomic mass is 10.1. The van der Waals surface area contributed by atoms with E-state index in [1.165, 1.54) is 16.6 Å². The number of hydrogen-bond acceptors (Lipinski definition) is 6. The van der Waals surface area contributed by atoms with Crippen LogP contribution >= 0.6 is 0 Å². The highest BCUT2D eigenvalue weighted by atomic mass is 19.1. The summed E-state index contributed by atoms with van der Waals surface area (Å²) < 4.78 is 22.0. The van der Waals surface area contributed by atoms with E-state index in [1.807, 2.05) is 26.8 Å². The standard InChI is InChI=1S/C22H20FN5O3/c1-12-8-14(3)28-22(24-12)25-20(26-28)21(30)31-11-19(29)18-9-13(2)27(15(18)4)17-7-5-6-16(23)10-17/h5-10H,11H2,1-4H3. The molecule has 0 aliphatic heterocycles. The molecule has 0 atom stereocenters. The zero-order valence-electron chi connectivity index (χ0n) is 17.5. The molecule has 4 aromatic rings. The third kappa shape index (κ3) is 3.81. The molecule has 158 valence electrons. The third-order valence-corrected chi connectivity index (χ3v) is 4.93. The molecule has 4 rings (SSSR count). The van der Waals surface area contributed by atoms with Crippen molar-refractivity contribution in [3.05, 3.63) is 76.4 Å². The van der Waals surface area contributed by atoms with Gasteiger partial charge in [0.05, 0.1) is 0 Å². The van der Waals surface area contributed by atoms with E-state index >= 15 is 0 Å². The number of carbonyl (C=O) groups excluding carboxylic acids is 2. The summed E-state index contributed by atoms with van der Waals surface area (Å²) in [6.45, 7) is 6.75. The second kappa shape index (κ2) is 7.75. The summed E-state index contributed by atoms with van der Waals surface area (Å²) in [5.41, 5.74) is 3.92. The molecule has 1 aromatic carbocycles. The quantitative estimate of drug-likeness (QED) is 0.363. The van der Waals surface area contributed by atoms with E-state index in [2.05, 4.69) is 15.1 Å². The summed E-state index contributed by atoms with van der Waals surface area (Å²) in [7, 11) is 0. The maximum absolute atomic E-state index is 13.6. The number of esters is 1. The fourth-order valence-electron chi connectivity index (χ4n) is 3.58. The van der Waals surface area contributed by atoms with E-state index < -0.39 is 12.6 Å². The van der Waals surface area contributed by atoms with Crippen molar-refractivity contribution >= 4 is 17.5 Å². The van der Waals surface area contributed by atoms with Gasteiger partial charge in [0.25, 0.3) is 11.6 Å². The third-order valence-electron chi connectivity index (χ3n) is 4.93. The minimum atomic E-state index is -0.810. The zero-order chi connectivity index (χ0) is 22.3. The van der Waals surface area contributed by atoms with E-state index in [-0.39, 0.29) is 23.2 Å². The summed E-state index contributed by atoms with van der Waals surface area (Å²) in [5, 5.41) is 4.11. The topological polar surface area (TPSA) is 91.4 Å². The van der Waals surface area contributed by atoms with E-state index in [0.29, 0.717) is 16.9 Å². The molecule has 0 saturated carbocycles. The van der Waals surface area contributed by atoms with Crippen molar-refractivity contribution in [2.75, 3.05) is 6.61 Å². The van der Waals surface area contributed by atoms with E-state index in [9.17, 15) is 14.0 Å². The van der Waals surface area contributed by atoms with Crippen LogP contribution in [0, 0.1) is 33.5 Å². The highest BCUT2D eigenvalue weighted by Crippen LogP contribution is 2.22. The minimum Gasteiger partial charge on any atom is -0.451 e. The lowest BCUT2D eigenvalue weighted by molar-refractivity contribution is 0.0462. The van der Waals surface area contributed by atoms with Crippen LogP contribution in [-0.4, -0.2) is 42.5 Å². The van der Waals surface area contributed by atoms with Crippen LogP contribution in [0.5, 0.6) is 0 Å². The molecule has 0 saturated heterocycles. The summed E-state index contributed by atoms with van der Waals surface area (Å²) in [6, 6.07) is 9.61. The first-order valence-electron chi connectivity index (χ1n) is 9.61. The van der Waals surface area contributed by atoms with Crippen LogP contribution in [0.3, 0.4) is 0 Å². The largest absolute Gasteiger partial charge is 0.451 e. The maximum atomic E-state index is 13.6. The van der Waals surface area contributed by atoms with Gasteiger partial charge >= 0.3 is 5.97 Å². The minimum absolute atomic E-state index is 0.167. The number of benzene rings is 1. The van der Waals surface area contributed by atoms with Gasteiger partial charge in [-0.05, 0) is 58.0 Å². The smallest absolute Gasteiger partial charge is 0.378 e. The van der Waals surface area contributed by atoms with E-state index in [1.54, 1.807) is 29.7 Å². The molecule has 3 heterocycles. The number of aromatic nitrogens is 5. The second-order valence-corrected chi connectivity index (χ2v) is 7.29. The van der Waals surface area contributed by atoms with Gasteiger partial charge in [-0.3, -0.25) is 4.79 Å². The van der Waals surface area contributed by atoms with Crippen LogP contribution in [0.15, 0.2) is 36.4 Å². The number of hydrogen-bond donors (Lipinski definition) is 0. The van der Waals surface area contributed by atoms with Crippen LogP contribution in [0.4, 0.5) is 4.39 Å². The average molecular weight is 421 g/mol. The van der Waals surface area contributed by atoms with Gasteiger partial charge in [-0.15, -0.1) is 5.10 Å². The molecule has 0 spiro atoms. The van der Waals surface area contributed by atoms with Gasteiger partial charge in [-0.25, -0.2) is 18.7 Å². The number of halogens is 1. The Balaban J connectivity index is 1.52. The molecule has 3 aromatic heterocycles. The number of carbonyl (C=O) groups is 2.